The van der Waals surface area contributed by atoms with Gasteiger partial charge in [-0.3, -0.25) is 4.55 Å². The fourth-order valence-electron chi connectivity index (χ4n) is 0.748. The van der Waals surface area contributed by atoms with E-state index in [1.165, 1.54) is 23.9 Å². The normalized spacial score (nSPS) is 10.6. The summed E-state index contributed by atoms with van der Waals surface area (Å²) >= 11 is 1.51. The molecule has 0 heterocycles. The average Bonchev–Trinajstić information content (AvgIpc) is 2.03. The van der Waals surface area contributed by atoms with Gasteiger partial charge in [0.25, 0.3) is 10.1 Å². The van der Waals surface area contributed by atoms with E-state index in [-0.39, 0.29) is 27.9 Å². The van der Waals surface area contributed by atoms with Gasteiger partial charge in [0.1, 0.15) is 0 Å². The molecule has 0 aliphatic heterocycles. The summed E-state index contributed by atoms with van der Waals surface area (Å²) in [5.74, 6) is 0. The van der Waals surface area contributed by atoms with E-state index in [4.69, 9.17) is 4.55 Å². The van der Waals surface area contributed by atoms with Gasteiger partial charge in [0, 0.05) is 4.90 Å². The highest BCUT2D eigenvalue weighted by molar-refractivity contribution is 7.98. The van der Waals surface area contributed by atoms with Crippen molar-refractivity contribution in [2.24, 2.45) is 0 Å². The molecule has 13 heavy (non-hydrogen) atoms. The predicted molar refractivity (Wildman–Crippen MR) is 56.6 cm³/mol. The summed E-state index contributed by atoms with van der Waals surface area (Å²) in [7, 11) is -4.04. The minimum atomic E-state index is -4.04. The third-order valence-electron chi connectivity index (χ3n) is 1.36. The van der Waals surface area contributed by atoms with Crippen LogP contribution in [-0.2, 0) is 10.1 Å². The van der Waals surface area contributed by atoms with Crippen LogP contribution in [0.25, 0.3) is 0 Å². The first kappa shape index (κ1) is 13.2. The number of hydrogen-bond donors (Lipinski definition) is 1. The van der Waals surface area contributed by atoms with Crippen molar-refractivity contribution in [3.05, 3.63) is 24.3 Å². The summed E-state index contributed by atoms with van der Waals surface area (Å²) in [6, 6.07) is 6.05. The van der Waals surface area contributed by atoms with Crippen LogP contribution in [-0.4, -0.2) is 42.3 Å². The highest BCUT2D eigenvalue weighted by Gasteiger charge is 2.07. The third kappa shape index (κ3) is 3.86. The van der Waals surface area contributed by atoms with Crippen LogP contribution < -0.4 is 0 Å². The lowest BCUT2D eigenvalue weighted by atomic mass is 10.4. The highest BCUT2D eigenvalue weighted by atomic mass is 32.2. The molecule has 0 saturated carbocycles. The largest absolute Gasteiger partial charge is 0.316 e. The zero-order valence-corrected chi connectivity index (χ0v) is 8.02. The number of hydrogen-bond acceptors (Lipinski definition) is 3. The van der Waals surface area contributed by atoms with Gasteiger partial charge in [-0.25, -0.2) is 0 Å². The van der Waals surface area contributed by atoms with Crippen molar-refractivity contribution in [3.63, 3.8) is 0 Å². The van der Waals surface area contributed by atoms with E-state index in [2.05, 4.69) is 0 Å². The first-order chi connectivity index (χ1) is 5.54. The van der Waals surface area contributed by atoms with Crippen LogP contribution in [0.1, 0.15) is 0 Å². The maximum Gasteiger partial charge on any atom is 0.316 e. The van der Waals surface area contributed by atoms with Crippen LogP contribution >= 0.6 is 11.8 Å². The monoisotopic (exact) mass is 230 g/mol. The van der Waals surface area contributed by atoms with E-state index in [1.807, 2.05) is 6.26 Å². The van der Waals surface area contributed by atoms with Gasteiger partial charge in [0.05, 0.1) is 4.90 Å². The SMILES string of the molecule is CSc1ccc(S(=O)(=O)O)cc1.[MgH2]. The summed E-state index contributed by atoms with van der Waals surface area (Å²) in [4.78, 5) is 0.891. The molecule has 0 spiro atoms. The molecule has 0 bridgehead atoms. The van der Waals surface area contributed by atoms with Crippen LogP contribution in [0.3, 0.4) is 0 Å². The quantitative estimate of drug-likeness (QED) is 0.463. The average molecular weight is 231 g/mol. The van der Waals surface area contributed by atoms with Gasteiger partial charge in [0.2, 0.25) is 0 Å². The molecule has 0 aliphatic rings. The molecule has 1 aromatic rings. The van der Waals surface area contributed by atoms with Gasteiger partial charge in [-0.15, -0.1) is 11.8 Å². The van der Waals surface area contributed by atoms with Gasteiger partial charge >= 0.3 is 23.1 Å². The number of thioether (sulfide) groups is 1. The van der Waals surface area contributed by atoms with E-state index in [0.29, 0.717) is 0 Å². The van der Waals surface area contributed by atoms with E-state index in [9.17, 15) is 8.42 Å². The molecule has 1 N–H and O–H groups in total. The Hall–Kier alpha value is 0.246. The molecular formula is C7H10MgO3S2. The lowest BCUT2D eigenvalue weighted by Gasteiger charge is -1.97. The van der Waals surface area contributed by atoms with Crippen LogP contribution in [0.2, 0.25) is 0 Å². The second-order valence-electron chi connectivity index (χ2n) is 2.15. The summed E-state index contributed by atoms with van der Waals surface area (Å²) in [6.45, 7) is 0. The molecule has 3 nitrogen and oxygen atoms in total. The van der Waals surface area contributed by atoms with E-state index < -0.39 is 10.1 Å². The maximum absolute atomic E-state index is 10.6. The van der Waals surface area contributed by atoms with Crippen molar-refractivity contribution < 1.29 is 13.0 Å². The molecule has 1 aromatic carbocycles. The van der Waals surface area contributed by atoms with E-state index in [1.54, 1.807) is 12.1 Å². The van der Waals surface area contributed by atoms with E-state index in [0.717, 1.165) is 4.90 Å². The maximum atomic E-state index is 10.6. The fourth-order valence-corrected chi connectivity index (χ4v) is 1.64. The molecule has 1 rings (SSSR count). The van der Waals surface area contributed by atoms with Gasteiger partial charge in [0.15, 0.2) is 0 Å². The molecule has 0 aromatic heterocycles. The Morgan fingerprint density at radius 1 is 1.23 bits per heavy atom. The Bertz CT molecular complexity index is 358. The predicted octanol–water partition coefficient (Wildman–Crippen LogP) is 0.739. The summed E-state index contributed by atoms with van der Waals surface area (Å²) < 4.78 is 29.8. The minimum absolute atomic E-state index is 0. The van der Waals surface area contributed by atoms with Crippen LogP contribution in [0.5, 0.6) is 0 Å². The van der Waals surface area contributed by atoms with Gasteiger partial charge < -0.3 is 0 Å². The standard InChI is InChI=1S/C7H8O3S2.Mg.2H/c1-11-6-2-4-7(5-3-6)12(8,9)10;;;/h2-5H,1H3,(H,8,9,10);;;. The second-order valence-corrected chi connectivity index (χ2v) is 4.45. The molecular weight excluding hydrogens is 221 g/mol. The molecule has 0 amide bonds. The molecule has 0 unspecified atom stereocenters. The number of benzene rings is 1. The summed E-state index contributed by atoms with van der Waals surface area (Å²) in [5, 5.41) is 0. The third-order valence-corrected chi connectivity index (χ3v) is 2.97. The number of rotatable bonds is 2. The van der Waals surface area contributed by atoms with Crippen molar-refractivity contribution in [1.82, 2.24) is 0 Å². The molecule has 0 radical (unpaired) electrons. The van der Waals surface area contributed by atoms with Crippen LogP contribution in [0.4, 0.5) is 0 Å². The molecule has 0 fully saturated rings. The van der Waals surface area contributed by atoms with Crippen molar-refractivity contribution in [2.75, 3.05) is 6.26 Å². The molecule has 0 atom stereocenters. The lowest BCUT2D eigenvalue weighted by molar-refractivity contribution is 0.483. The lowest BCUT2D eigenvalue weighted by Crippen LogP contribution is -1.96. The van der Waals surface area contributed by atoms with Gasteiger partial charge in [-0.1, -0.05) is 0 Å². The van der Waals surface area contributed by atoms with Crippen molar-refractivity contribution in [3.8, 4) is 0 Å². The first-order valence-corrected chi connectivity index (χ1v) is 5.82. The van der Waals surface area contributed by atoms with Crippen molar-refractivity contribution in [1.29, 1.82) is 0 Å². The molecule has 70 valence electrons. The zero-order valence-electron chi connectivity index (χ0n) is 6.39. The summed E-state index contributed by atoms with van der Waals surface area (Å²) in [6.07, 6.45) is 1.89. The molecule has 6 heteroatoms. The molecule has 0 saturated heterocycles. The Kier molecular flexibility index (Phi) is 5.31. The fraction of sp³-hybridized carbons (Fsp3) is 0.143. The first-order valence-electron chi connectivity index (χ1n) is 3.15. The Balaban J connectivity index is 0.00000144. The second kappa shape index (κ2) is 5.21. The topological polar surface area (TPSA) is 54.4 Å². The minimum Gasteiger partial charge on any atom is -0.282 e. The molecule has 0 aliphatic carbocycles. The van der Waals surface area contributed by atoms with Gasteiger partial charge in [-0.05, 0) is 30.5 Å². The van der Waals surface area contributed by atoms with Gasteiger partial charge in [-0.2, -0.15) is 8.42 Å². The van der Waals surface area contributed by atoms with Crippen molar-refractivity contribution in [2.45, 2.75) is 9.79 Å². The van der Waals surface area contributed by atoms with Crippen LogP contribution in [0, 0.1) is 0 Å². The van der Waals surface area contributed by atoms with E-state index >= 15 is 0 Å². The Morgan fingerprint density at radius 3 is 2.00 bits per heavy atom. The Morgan fingerprint density at radius 2 is 1.69 bits per heavy atom. The van der Waals surface area contributed by atoms with Crippen molar-refractivity contribution >= 4 is 44.9 Å². The zero-order chi connectivity index (χ0) is 9.19. The Labute approximate surface area is 97.8 Å². The van der Waals surface area contributed by atoms with Crippen LogP contribution in [0.15, 0.2) is 34.1 Å². The summed E-state index contributed by atoms with van der Waals surface area (Å²) in [5.41, 5.74) is 0. The highest BCUT2D eigenvalue weighted by Crippen LogP contribution is 2.16. The smallest absolute Gasteiger partial charge is 0.282 e.